The van der Waals surface area contributed by atoms with E-state index in [-0.39, 0.29) is 39.2 Å². The Hall–Kier alpha value is -2.74. The Morgan fingerprint density at radius 2 is 1.54 bits per heavy atom. The van der Waals surface area contributed by atoms with Crippen LogP contribution in [0.25, 0.3) is 0 Å². The number of ether oxygens (including phenoxy) is 1. The SMILES string of the molecule is CC(C)(C)c1ccc(OCCNC(=O)CN(c2cc(Cl)cc(Cl)c2)S(=O)(=O)c2ccccc2)cc1. The first-order valence-electron chi connectivity index (χ1n) is 11.0. The summed E-state index contributed by atoms with van der Waals surface area (Å²) in [7, 11) is -4.05. The van der Waals surface area contributed by atoms with Crippen LogP contribution >= 0.6 is 23.2 Å². The highest BCUT2D eigenvalue weighted by atomic mass is 35.5. The Bertz CT molecular complexity index is 1240. The molecule has 0 aliphatic rings. The van der Waals surface area contributed by atoms with Gasteiger partial charge in [0.15, 0.2) is 0 Å². The molecule has 3 aromatic rings. The minimum Gasteiger partial charge on any atom is -0.492 e. The van der Waals surface area contributed by atoms with Crippen molar-refractivity contribution in [1.82, 2.24) is 5.32 Å². The number of hydrogen-bond acceptors (Lipinski definition) is 4. The second kappa shape index (κ2) is 11.3. The lowest BCUT2D eigenvalue weighted by molar-refractivity contribution is -0.119. The van der Waals surface area contributed by atoms with E-state index in [0.29, 0.717) is 5.75 Å². The van der Waals surface area contributed by atoms with Gasteiger partial charge >= 0.3 is 0 Å². The van der Waals surface area contributed by atoms with Crippen LogP contribution < -0.4 is 14.4 Å². The molecule has 186 valence electrons. The van der Waals surface area contributed by atoms with Crippen LogP contribution in [-0.4, -0.2) is 34.0 Å². The van der Waals surface area contributed by atoms with Gasteiger partial charge in [0, 0.05) is 10.0 Å². The van der Waals surface area contributed by atoms with Crippen LogP contribution in [0.3, 0.4) is 0 Å². The molecule has 35 heavy (non-hydrogen) atoms. The average molecular weight is 535 g/mol. The van der Waals surface area contributed by atoms with E-state index in [1.165, 1.54) is 35.9 Å². The van der Waals surface area contributed by atoms with Crippen molar-refractivity contribution in [2.45, 2.75) is 31.1 Å². The van der Waals surface area contributed by atoms with Gasteiger partial charge < -0.3 is 10.1 Å². The second-order valence-electron chi connectivity index (χ2n) is 8.93. The van der Waals surface area contributed by atoms with Gasteiger partial charge in [0.1, 0.15) is 18.9 Å². The van der Waals surface area contributed by atoms with Gasteiger partial charge in [0.25, 0.3) is 10.0 Å². The normalized spacial score (nSPS) is 11.7. The molecule has 1 N–H and O–H groups in total. The van der Waals surface area contributed by atoms with E-state index in [2.05, 4.69) is 26.1 Å². The zero-order valence-electron chi connectivity index (χ0n) is 19.8. The first-order valence-corrected chi connectivity index (χ1v) is 13.2. The first-order chi connectivity index (χ1) is 16.5. The molecule has 9 heteroatoms. The number of rotatable bonds is 9. The Morgan fingerprint density at radius 3 is 2.11 bits per heavy atom. The molecule has 0 saturated carbocycles. The maximum Gasteiger partial charge on any atom is 0.264 e. The summed E-state index contributed by atoms with van der Waals surface area (Å²) in [6.07, 6.45) is 0. The molecule has 3 rings (SSSR count). The van der Waals surface area contributed by atoms with Crippen molar-refractivity contribution in [1.29, 1.82) is 0 Å². The third-order valence-corrected chi connectivity index (χ3v) is 7.39. The molecule has 0 aromatic heterocycles. The van der Waals surface area contributed by atoms with Crippen LogP contribution in [-0.2, 0) is 20.2 Å². The van der Waals surface area contributed by atoms with Gasteiger partial charge in [-0.05, 0) is 53.4 Å². The largest absolute Gasteiger partial charge is 0.492 e. The van der Waals surface area contributed by atoms with Crippen molar-refractivity contribution in [2.24, 2.45) is 0 Å². The second-order valence-corrected chi connectivity index (χ2v) is 11.7. The summed E-state index contributed by atoms with van der Waals surface area (Å²) in [6.45, 7) is 6.39. The fraction of sp³-hybridized carbons (Fsp3) is 0.269. The molecule has 0 bridgehead atoms. The van der Waals surface area contributed by atoms with Crippen molar-refractivity contribution in [2.75, 3.05) is 24.0 Å². The van der Waals surface area contributed by atoms with E-state index in [1.54, 1.807) is 18.2 Å². The topological polar surface area (TPSA) is 75.7 Å². The Morgan fingerprint density at radius 1 is 0.943 bits per heavy atom. The van der Waals surface area contributed by atoms with Crippen LogP contribution in [0, 0.1) is 0 Å². The molecule has 6 nitrogen and oxygen atoms in total. The lowest BCUT2D eigenvalue weighted by Gasteiger charge is -2.24. The molecular formula is C26H28Cl2N2O4S. The molecule has 1 amide bonds. The predicted octanol–water partition coefficient (Wildman–Crippen LogP) is 5.68. The zero-order chi connectivity index (χ0) is 25.6. The molecule has 0 fully saturated rings. The number of sulfonamides is 1. The quantitative estimate of drug-likeness (QED) is 0.358. The number of carbonyl (C=O) groups excluding carboxylic acids is 1. The molecule has 0 saturated heterocycles. The Labute approximate surface area is 216 Å². The summed E-state index contributed by atoms with van der Waals surface area (Å²) in [6, 6.07) is 20.1. The van der Waals surface area contributed by atoms with Crippen molar-refractivity contribution < 1.29 is 17.9 Å². The van der Waals surface area contributed by atoms with Gasteiger partial charge in [-0.25, -0.2) is 8.42 Å². The first kappa shape index (κ1) is 26.9. The third-order valence-electron chi connectivity index (χ3n) is 5.17. The summed E-state index contributed by atoms with van der Waals surface area (Å²) in [5.74, 6) is 0.196. The van der Waals surface area contributed by atoms with Crippen molar-refractivity contribution >= 4 is 44.8 Å². The van der Waals surface area contributed by atoms with Crippen LogP contribution in [0.5, 0.6) is 5.75 Å². The standard InChI is InChI=1S/C26H28Cl2N2O4S/c1-26(2,3)19-9-11-23(12-10-19)34-14-13-29-25(31)18-30(22-16-20(27)15-21(28)17-22)35(32,33)24-7-5-4-6-8-24/h4-12,15-17H,13-14,18H2,1-3H3,(H,29,31). The number of hydrogen-bond donors (Lipinski definition) is 1. The molecule has 0 aliphatic carbocycles. The molecule has 0 spiro atoms. The van der Waals surface area contributed by atoms with E-state index in [4.69, 9.17) is 27.9 Å². The smallest absolute Gasteiger partial charge is 0.264 e. The van der Waals surface area contributed by atoms with Gasteiger partial charge in [0.2, 0.25) is 5.91 Å². The van der Waals surface area contributed by atoms with Crippen molar-refractivity contribution in [3.05, 3.63) is 88.4 Å². The monoisotopic (exact) mass is 534 g/mol. The van der Waals surface area contributed by atoms with E-state index in [9.17, 15) is 13.2 Å². The maximum absolute atomic E-state index is 13.3. The fourth-order valence-corrected chi connectivity index (χ4v) is 5.26. The average Bonchev–Trinajstić information content (AvgIpc) is 2.80. The molecular weight excluding hydrogens is 507 g/mol. The number of benzene rings is 3. The number of amides is 1. The summed E-state index contributed by atoms with van der Waals surface area (Å²) >= 11 is 12.2. The minimum absolute atomic E-state index is 0.0472. The number of nitrogens with one attached hydrogen (secondary N) is 1. The van der Waals surface area contributed by atoms with Gasteiger partial charge in [-0.1, -0.05) is 74.3 Å². The van der Waals surface area contributed by atoms with Crippen LogP contribution in [0.1, 0.15) is 26.3 Å². The number of anilines is 1. The molecule has 3 aromatic carbocycles. The van der Waals surface area contributed by atoms with E-state index < -0.39 is 22.5 Å². The number of halogens is 2. The number of carbonyl (C=O) groups is 1. The summed E-state index contributed by atoms with van der Waals surface area (Å²) < 4.78 is 33.4. The highest BCUT2D eigenvalue weighted by Crippen LogP contribution is 2.29. The molecule has 0 aliphatic heterocycles. The summed E-state index contributed by atoms with van der Waals surface area (Å²) in [5, 5.41) is 3.22. The zero-order valence-corrected chi connectivity index (χ0v) is 22.1. The summed E-state index contributed by atoms with van der Waals surface area (Å²) in [5.41, 5.74) is 1.43. The molecule has 0 radical (unpaired) electrons. The van der Waals surface area contributed by atoms with Crippen LogP contribution in [0.4, 0.5) is 5.69 Å². The van der Waals surface area contributed by atoms with Gasteiger partial charge in [-0.15, -0.1) is 0 Å². The molecule has 0 atom stereocenters. The Kier molecular flexibility index (Phi) is 8.70. The maximum atomic E-state index is 13.3. The number of nitrogens with zero attached hydrogens (tertiary/aromatic N) is 1. The predicted molar refractivity (Wildman–Crippen MR) is 141 cm³/mol. The van der Waals surface area contributed by atoms with Crippen LogP contribution in [0.2, 0.25) is 10.0 Å². The minimum atomic E-state index is -4.05. The lowest BCUT2D eigenvalue weighted by Crippen LogP contribution is -2.42. The highest BCUT2D eigenvalue weighted by Gasteiger charge is 2.27. The lowest BCUT2D eigenvalue weighted by atomic mass is 9.87. The summed E-state index contributed by atoms with van der Waals surface area (Å²) in [4.78, 5) is 12.7. The fourth-order valence-electron chi connectivity index (χ4n) is 3.31. The van der Waals surface area contributed by atoms with E-state index in [0.717, 1.165) is 4.31 Å². The van der Waals surface area contributed by atoms with E-state index >= 15 is 0 Å². The van der Waals surface area contributed by atoms with Crippen molar-refractivity contribution in [3.8, 4) is 5.75 Å². The van der Waals surface area contributed by atoms with E-state index in [1.807, 2.05) is 24.3 Å². The van der Waals surface area contributed by atoms with Gasteiger partial charge in [-0.3, -0.25) is 9.10 Å². The highest BCUT2D eigenvalue weighted by molar-refractivity contribution is 7.92. The Balaban J connectivity index is 1.67. The van der Waals surface area contributed by atoms with Crippen molar-refractivity contribution in [3.63, 3.8) is 0 Å². The molecule has 0 heterocycles. The van der Waals surface area contributed by atoms with Gasteiger partial charge in [-0.2, -0.15) is 0 Å². The van der Waals surface area contributed by atoms with Crippen LogP contribution in [0.15, 0.2) is 77.7 Å². The third kappa shape index (κ3) is 7.37. The molecule has 0 unspecified atom stereocenters. The van der Waals surface area contributed by atoms with Gasteiger partial charge in [0.05, 0.1) is 17.1 Å².